The normalized spacial score (nSPS) is 10.6. The van der Waals surface area contributed by atoms with Gasteiger partial charge in [0.2, 0.25) is 5.95 Å². The van der Waals surface area contributed by atoms with Crippen LogP contribution in [0.4, 0.5) is 5.95 Å². The first-order valence-electron chi connectivity index (χ1n) is 2.93. The monoisotopic (exact) mass is 229 g/mol. The third-order valence-electron chi connectivity index (χ3n) is 1.26. The number of aromatic nitrogens is 2. The number of thiophene rings is 1. The van der Waals surface area contributed by atoms with Crippen molar-refractivity contribution in [2.45, 2.75) is 0 Å². The average molecular weight is 230 g/mol. The fraction of sp³-hybridized carbons (Fsp3) is 0. The largest absolute Gasteiger partial charge is 0.368 e. The minimum absolute atomic E-state index is 0.326. The van der Waals surface area contributed by atoms with E-state index in [1.54, 1.807) is 17.5 Å². The van der Waals surface area contributed by atoms with Crippen molar-refractivity contribution >= 4 is 43.4 Å². The van der Waals surface area contributed by atoms with Gasteiger partial charge in [-0.25, -0.2) is 9.97 Å². The van der Waals surface area contributed by atoms with E-state index >= 15 is 0 Å². The van der Waals surface area contributed by atoms with Crippen LogP contribution in [-0.4, -0.2) is 9.97 Å². The van der Waals surface area contributed by atoms with Gasteiger partial charge in [0.15, 0.2) is 0 Å². The molecule has 0 aliphatic carbocycles. The molecule has 0 aromatic carbocycles. The molecule has 2 rings (SSSR count). The Hall–Kier alpha value is -0.680. The molecule has 2 aromatic heterocycles. The van der Waals surface area contributed by atoms with E-state index in [1.807, 2.05) is 6.07 Å². The quantitative estimate of drug-likeness (QED) is 0.753. The summed E-state index contributed by atoms with van der Waals surface area (Å²) in [6, 6.07) is 1.97. The van der Waals surface area contributed by atoms with Crippen LogP contribution in [-0.2, 0) is 0 Å². The van der Waals surface area contributed by atoms with Gasteiger partial charge in [-0.1, -0.05) is 0 Å². The van der Waals surface area contributed by atoms with Gasteiger partial charge in [0.25, 0.3) is 0 Å². The fourth-order valence-electron chi connectivity index (χ4n) is 0.813. The zero-order valence-corrected chi connectivity index (χ0v) is 7.82. The molecule has 0 amide bonds. The van der Waals surface area contributed by atoms with Crippen LogP contribution in [0.5, 0.6) is 0 Å². The summed E-state index contributed by atoms with van der Waals surface area (Å²) in [5.74, 6) is 0.326. The Kier molecular flexibility index (Phi) is 1.54. The van der Waals surface area contributed by atoms with E-state index < -0.39 is 0 Å². The van der Waals surface area contributed by atoms with Crippen LogP contribution in [0.3, 0.4) is 0 Å². The van der Waals surface area contributed by atoms with Crippen molar-refractivity contribution in [2.75, 3.05) is 5.73 Å². The molecular formula is C6H4BrN3S. The summed E-state index contributed by atoms with van der Waals surface area (Å²) in [4.78, 5) is 8.85. The highest BCUT2D eigenvalue weighted by Gasteiger charge is 2.00. The van der Waals surface area contributed by atoms with E-state index in [9.17, 15) is 0 Å². The topological polar surface area (TPSA) is 51.8 Å². The zero-order chi connectivity index (χ0) is 7.84. The van der Waals surface area contributed by atoms with Gasteiger partial charge in [-0.2, -0.15) is 0 Å². The van der Waals surface area contributed by atoms with Gasteiger partial charge < -0.3 is 5.73 Å². The molecule has 0 aliphatic rings. The van der Waals surface area contributed by atoms with Gasteiger partial charge in [-0.3, -0.25) is 0 Å². The van der Waals surface area contributed by atoms with Crippen LogP contribution in [0.25, 0.3) is 10.2 Å². The molecule has 0 radical (unpaired) electrons. The van der Waals surface area contributed by atoms with E-state index in [2.05, 4.69) is 25.9 Å². The van der Waals surface area contributed by atoms with Gasteiger partial charge in [0.05, 0.1) is 3.79 Å². The summed E-state index contributed by atoms with van der Waals surface area (Å²) < 4.78 is 1.05. The Balaban J connectivity index is 2.82. The van der Waals surface area contributed by atoms with Crippen molar-refractivity contribution < 1.29 is 0 Å². The predicted octanol–water partition coefficient (Wildman–Crippen LogP) is 2.04. The standard InChI is InChI=1S/C6H4BrN3S/c7-4-1-3-2-9-6(8)10-5(3)11-4/h1-2H,(H2,8,9,10). The molecule has 0 bridgehead atoms. The van der Waals surface area contributed by atoms with E-state index in [4.69, 9.17) is 5.73 Å². The zero-order valence-electron chi connectivity index (χ0n) is 5.41. The molecule has 0 atom stereocenters. The highest BCUT2D eigenvalue weighted by molar-refractivity contribution is 9.11. The summed E-state index contributed by atoms with van der Waals surface area (Å²) in [6.45, 7) is 0. The molecule has 0 fully saturated rings. The Bertz CT molecular complexity index is 398. The van der Waals surface area contributed by atoms with Crippen LogP contribution < -0.4 is 5.73 Å². The molecular weight excluding hydrogens is 226 g/mol. The molecule has 56 valence electrons. The van der Waals surface area contributed by atoms with E-state index in [-0.39, 0.29) is 0 Å². The van der Waals surface area contributed by atoms with Crippen LogP contribution >= 0.6 is 27.3 Å². The van der Waals surface area contributed by atoms with Gasteiger partial charge in [0.1, 0.15) is 4.83 Å². The summed E-state index contributed by atoms with van der Waals surface area (Å²) in [6.07, 6.45) is 1.72. The first-order valence-corrected chi connectivity index (χ1v) is 4.54. The van der Waals surface area contributed by atoms with E-state index in [0.29, 0.717) is 5.95 Å². The summed E-state index contributed by atoms with van der Waals surface area (Å²) in [5, 5.41) is 1.02. The fourth-order valence-corrected chi connectivity index (χ4v) is 2.26. The Morgan fingerprint density at radius 2 is 2.36 bits per heavy atom. The molecule has 0 saturated heterocycles. The average Bonchev–Trinajstić information content (AvgIpc) is 2.27. The lowest BCUT2D eigenvalue weighted by Gasteiger charge is -1.88. The minimum Gasteiger partial charge on any atom is -0.368 e. The van der Waals surface area contributed by atoms with Crippen molar-refractivity contribution in [1.29, 1.82) is 0 Å². The van der Waals surface area contributed by atoms with Gasteiger partial charge in [-0.05, 0) is 22.0 Å². The number of nitrogens with two attached hydrogens (primary N) is 1. The lowest BCUT2D eigenvalue weighted by atomic mass is 10.4. The number of fused-ring (bicyclic) bond motifs is 1. The molecule has 11 heavy (non-hydrogen) atoms. The molecule has 0 spiro atoms. The molecule has 0 unspecified atom stereocenters. The second-order valence-electron chi connectivity index (χ2n) is 2.04. The Morgan fingerprint density at radius 3 is 3.18 bits per heavy atom. The van der Waals surface area contributed by atoms with Gasteiger partial charge in [0, 0.05) is 11.6 Å². The van der Waals surface area contributed by atoms with Gasteiger partial charge in [-0.15, -0.1) is 11.3 Å². The molecule has 3 nitrogen and oxygen atoms in total. The van der Waals surface area contributed by atoms with Crippen LogP contribution in [0.2, 0.25) is 0 Å². The third-order valence-corrected chi connectivity index (χ3v) is 2.81. The minimum atomic E-state index is 0.326. The Labute approximate surface area is 75.4 Å². The second-order valence-corrected chi connectivity index (χ2v) is 4.45. The number of halogens is 1. The third kappa shape index (κ3) is 1.21. The predicted molar refractivity (Wildman–Crippen MR) is 49.5 cm³/mol. The highest BCUT2D eigenvalue weighted by atomic mass is 79.9. The maximum Gasteiger partial charge on any atom is 0.221 e. The SMILES string of the molecule is Nc1ncc2cc(Br)sc2n1. The lowest BCUT2D eigenvalue weighted by Crippen LogP contribution is -1.91. The highest BCUT2D eigenvalue weighted by Crippen LogP contribution is 2.27. The smallest absolute Gasteiger partial charge is 0.221 e. The molecule has 5 heteroatoms. The maximum absolute atomic E-state index is 5.40. The number of nitrogens with zero attached hydrogens (tertiary/aromatic N) is 2. The summed E-state index contributed by atoms with van der Waals surface area (Å²) in [7, 11) is 0. The molecule has 2 aromatic rings. The van der Waals surface area contributed by atoms with Gasteiger partial charge >= 0.3 is 0 Å². The van der Waals surface area contributed by atoms with E-state index in [0.717, 1.165) is 14.0 Å². The van der Waals surface area contributed by atoms with E-state index in [1.165, 1.54) is 0 Å². The van der Waals surface area contributed by atoms with Crippen LogP contribution in [0, 0.1) is 0 Å². The Morgan fingerprint density at radius 1 is 1.55 bits per heavy atom. The van der Waals surface area contributed by atoms with Crippen molar-refractivity contribution in [1.82, 2.24) is 9.97 Å². The number of hydrogen-bond donors (Lipinski definition) is 1. The second kappa shape index (κ2) is 2.42. The van der Waals surface area contributed by atoms with Crippen molar-refractivity contribution in [3.05, 3.63) is 16.0 Å². The number of nitrogen functional groups attached to an aromatic ring is 1. The first kappa shape index (κ1) is 7.00. The molecule has 0 saturated carbocycles. The van der Waals surface area contributed by atoms with Crippen LogP contribution in [0.1, 0.15) is 0 Å². The van der Waals surface area contributed by atoms with Crippen molar-refractivity contribution in [3.8, 4) is 0 Å². The van der Waals surface area contributed by atoms with Crippen molar-refractivity contribution in [3.63, 3.8) is 0 Å². The molecule has 2 heterocycles. The summed E-state index contributed by atoms with van der Waals surface area (Å²) >= 11 is 4.91. The molecule has 0 aliphatic heterocycles. The maximum atomic E-state index is 5.40. The number of hydrogen-bond acceptors (Lipinski definition) is 4. The first-order chi connectivity index (χ1) is 5.25. The number of rotatable bonds is 0. The lowest BCUT2D eigenvalue weighted by molar-refractivity contribution is 1.25. The number of anilines is 1. The van der Waals surface area contributed by atoms with Crippen molar-refractivity contribution in [2.24, 2.45) is 0 Å². The summed E-state index contributed by atoms with van der Waals surface area (Å²) in [5.41, 5.74) is 5.40. The van der Waals surface area contributed by atoms with Crippen LogP contribution in [0.15, 0.2) is 16.0 Å². The molecule has 2 N–H and O–H groups in total.